The molecule has 1 heterocycles. The lowest BCUT2D eigenvalue weighted by Crippen LogP contribution is -2.48. The van der Waals surface area contributed by atoms with Gasteiger partial charge in [-0.15, -0.1) is 0 Å². The summed E-state index contributed by atoms with van der Waals surface area (Å²) >= 11 is 0. The molecule has 2 N–H and O–H groups in total. The number of benzene rings is 2. The highest BCUT2D eigenvalue weighted by Crippen LogP contribution is 2.22. The van der Waals surface area contributed by atoms with Gasteiger partial charge in [0.25, 0.3) is 5.91 Å². The van der Waals surface area contributed by atoms with Crippen LogP contribution in [-0.2, 0) is 6.54 Å². The molecule has 33 heavy (non-hydrogen) atoms. The average Bonchev–Trinajstić information content (AvgIpc) is 2.80. The Hall–Kier alpha value is -3.37. The smallest absolute Gasteiger partial charge is 0.253 e. The number of hydrogen-bond donors (Lipinski definition) is 2. The number of nitrogens with one attached hydrogen (secondary N) is 2. The standard InChI is InChI=1S/C26H34N6O/c1-20(26(2,3)4)29-25(28-19-27)30-23-12-10-22(11-13-23)24(33)32-16-14-31(15-17-32)18-21-8-6-5-7-9-21/h5-13,20H,14-18H2,1-4H3,(H2,28,29,30). The third kappa shape index (κ3) is 7.06. The minimum absolute atomic E-state index is 0.0160. The molecule has 0 bridgehead atoms. The van der Waals surface area contributed by atoms with E-state index in [0.29, 0.717) is 11.5 Å². The van der Waals surface area contributed by atoms with Crippen molar-refractivity contribution in [2.45, 2.75) is 40.3 Å². The molecule has 7 heteroatoms. The highest BCUT2D eigenvalue weighted by Gasteiger charge is 2.22. The first-order valence-corrected chi connectivity index (χ1v) is 11.4. The number of guanidine groups is 1. The van der Waals surface area contributed by atoms with Crippen molar-refractivity contribution in [1.82, 2.24) is 15.1 Å². The first kappa shape index (κ1) is 24.3. The molecule has 1 unspecified atom stereocenters. The summed E-state index contributed by atoms with van der Waals surface area (Å²) in [5.74, 6) is 0.444. The van der Waals surface area contributed by atoms with Crippen LogP contribution in [0.25, 0.3) is 0 Å². The molecule has 3 rings (SSSR count). The van der Waals surface area contributed by atoms with Crippen molar-refractivity contribution < 1.29 is 4.79 Å². The number of amides is 1. The van der Waals surface area contributed by atoms with Crippen molar-refractivity contribution in [3.05, 3.63) is 65.7 Å². The van der Waals surface area contributed by atoms with Gasteiger partial charge in [0.1, 0.15) is 0 Å². The summed E-state index contributed by atoms with van der Waals surface area (Å²) in [6, 6.07) is 17.8. The Balaban J connectivity index is 1.56. The maximum atomic E-state index is 13.0. The fraction of sp³-hybridized carbons (Fsp3) is 0.423. The van der Waals surface area contributed by atoms with Crippen molar-refractivity contribution in [3.63, 3.8) is 0 Å². The Morgan fingerprint density at radius 3 is 2.27 bits per heavy atom. The molecular formula is C26H34N6O. The van der Waals surface area contributed by atoms with Crippen molar-refractivity contribution in [2.24, 2.45) is 10.4 Å². The average molecular weight is 447 g/mol. The lowest BCUT2D eigenvalue weighted by atomic mass is 9.88. The molecule has 1 aliphatic heterocycles. The van der Waals surface area contributed by atoms with Crippen LogP contribution in [0, 0.1) is 16.9 Å². The van der Waals surface area contributed by atoms with E-state index in [-0.39, 0.29) is 17.4 Å². The highest BCUT2D eigenvalue weighted by atomic mass is 16.2. The summed E-state index contributed by atoms with van der Waals surface area (Å²) in [4.78, 5) is 21.9. The van der Waals surface area contributed by atoms with Crippen molar-refractivity contribution in [3.8, 4) is 6.19 Å². The number of nitrogens with zero attached hydrogens (tertiary/aromatic N) is 4. The second-order valence-corrected chi connectivity index (χ2v) is 9.51. The van der Waals surface area contributed by atoms with E-state index < -0.39 is 0 Å². The van der Waals surface area contributed by atoms with Crippen LogP contribution in [0.5, 0.6) is 0 Å². The van der Waals surface area contributed by atoms with Gasteiger partial charge in [-0.3, -0.25) is 15.0 Å². The number of hydrogen-bond acceptors (Lipinski definition) is 4. The van der Waals surface area contributed by atoms with E-state index >= 15 is 0 Å². The molecule has 1 fully saturated rings. The van der Waals surface area contributed by atoms with Gasteiger partial charge in [0, 0.05) is 44.0 Å². The summed E-state index contributed by atoms with van der Waals surface area (Å²) in [5.41, 5.74) is 2.70. The zero-order chi connectivity index (χ0) is 23.8. The Labute approximate surface area is 197 Å². The number of rotatable bonds is 5. The van der Waals surface area contributed by atoms with Gasteiger partial charge in [-0.25, -0.2) is 4.99 Å². The Bertz CT molecular complexity index is 980. The van der Waals surface area contributed by atoms with E-state index in [1.54, 1.807) is 0 Å². The molecule has 2 aromatic carbocycles. The van der Waals surface area contributed by atoms with Crippen LogP contribution < -0.4 is 10.6 Å². The predicted molar refractivity (Wildman–Crippen MR) is 133 cm³/mol. The van der Waals surface area contributed by atoms with Gasteiger partial charge in [0.2, 0.25) is 5.96 Å². The quantitative estimate of drug-likeness (QED) is 0.315. The largest absolute Gasteiger partial charge is 0.336 e. The maximum absolute atomic E-state index is 13.0. The van der Waals surface area contributed by atoms with Gasteiger partial charge in [-0.2, -0.15) is 5.26 Å². The lowest BCUT2D eigenvalue weighted by molar-refractivity contribution is 0.0628. The van der Waals surface area contributed by atoms with Crippen LogP contribution >= 0.6 is 0 Å². The fourth-order valence-corrected chi connectivity index (χ4v) is 3.50. The molecule has 1 amide bonds. The number of anilines is 1. The summed E-state index contributed by atoms with van der Waals surface area (Å²) < 4.78 is 0. The summed E-state index contributed by atoms with van der Waals surface area (Å²) in [5, 5.41) is 14.8. The van der Waals surface area contributed by atoms with Crippen molar-refractivity contribution in [1.29, 1.82) is 5.26 Å². The third-order valence-electron chi connectivity index (χ3n) is 6.05. The maximum Gasteiger partial charge on any atom is 0.253 e. The number of carbonyl (C=O) groups excluding carboxylic acids is 1. The molecule has 1 aliphatic rings. The van der Waals surface area contributed by atoms with Crippen LogP contribution in [-0.4, -0.2) is 53.9 Å². The zero-order valence-corrected chi connectivity index (χ0v) is 20.0. The number of piperazine rings is 1. The highest BCUT2D eigenvalue weighted by molar-refractivity contribution is 5.97. The normalized spacial score (nSPS) is 16.1. The molecule has 0 aliphatic carbocycles. The molecular weight excluding hydrogens is 412 g/mol. The summed E-state index contributed by atoms with van der Waals surface area (Å²) in [7, 11) is 0. The van der Waals surface area contributed by atoms with Crippen LogP contribution in [0.1, 0.15) is 43.6 Å². The van der Waals surface area contributed by atoms with E-state index in [4.69, 9.17) is 5.26 Å². The predicted octanol–water partition coefficient (Wildman–Crippen LogP) is 3.92. The molecule has 0 radical (unpaired) electrons. The van der Waals surface area contributed by atoms with E-state index in [1.165, 1.54) is 5.56 Å². The zero-order valence-electron chi connectivity index (χ0n) is 20.0. The lowest BCUT2D eigenvalue weighted by Gasteiger charge is -2.34. The fourth-order valence-electron chi connectivity index (χ4n) is 3.50. The van der Waals surface area contributed by atoms with Gasteiger partial charge in [-0.05, 0) is 42.2 Å². The third-order valence-corrected chi connectivity index (χ3v) is 6.05. The minimum Gasteiger partial charge on any atom is -0.336 e. The molecule has 174 valence electrons. The first-order chi connectivity index (χ1) is 15.8. The van der Waals surface area contributed by atoms with E-state index in [1.807, 2.05) is 48.3 Å². The van der Waals surface area contributed by atoms with Crippen molar-refractivity contribution in [2.75, 3.05) is 31.5 Å². The summed E-state index contributed by atoms with van der Waals surface area (Å²) in [6.45, 7) is 12.4. The van der Waals surface area contributed by atoms with E-state index in [0.717, 1.165) is 38.4 Å². The minimum atomic E-state index is -0.0224. The first-order valence-electron chi connectivity index (χ1n) is 11.4. The molecule has 0 spiro atoms. The topological polar surface area (TPSA) is 83.8 Å². The van der Waals surface area contributed by atoms with Crippen molar-refractivity contribution >= 4 is 17.6 Å². The number of aliphatic imine (C=N–C) groups is 1. The van der Waals surface area contributed by atoms with Crippen LogP contribution in [0.15, 0.2) is 59.6 Å². The summed E-state index contributed by atoms with van der Waals surface area (Å²) in [6.07, 6.45) is 1.93. The van der Waals surface area contributed by atoms with E-state index in [2.05, 4.69) is 65.6 Å². The van der Waals surface area contributed by atoms with Gasteiger partial charge < -0.3 is 10.2 Å². The molecule has 0 aromatic heterocycles. The van der Waals surface area contributed by atoms with E-state index in [9.17, 15) is 4.79 Å². The Kier molecular flexibility index (Phi) is 8.07. The SMILES string of the molecule is CC(N=C(NC#N)Nc1ccc(C(=O)N2CCN(Cc3ccccc3)CC2)cc1)C(C)(C)C. The molecule has 2 aromatic rings. The second kappa shape index (κ2) is 11.0. The van der Waals surface area contributed by atoms with Gasteiger partial charge >= 0.3 is 0 Å². The van der Waals surface area contributed by atoms with Crippen LogP contribution in [0.3, 0.4) is 0 Å². The van der Waals surface area contributed by atoms with Crippen LogP contribution in [0.4, 0.5) is 5.69 Å². The number of carbonyl (C=O) groups is 1. The molecule has 0 saturated carbocycles. The molecule has 1 saturated heterocycles. The van der Waals surface area contributed by atoms with Gasteiger partial charge in [-0.1, -0.05) is 51.1 Å². The van der Waals surface area contributed by atoms with Gasteiger partial charge in [0.15, 0.2) is 6.19 Å². The number of nitriles is 1. The van der Waals surface area contributed by atoms with Crippen LogP contribution in [0.2, 0.25) is 0 Å². The molecule has 7 nitrogen and oxygen atoms in total. The monoisotopic (exact) mass is 446 g/mol. The Morgan fingerprint density at radius 1 is 1.06 bits per heavy atom. The van der Waals surface area contributed by atoms with Gasteiger partial charge in [0.05, 0.1) is 6.04 Å². The Morgan fingerprint density at radius 2 is 1.70 bits per heavy atom. The second-order valence-electron chi connectivity index (χ2n) is 9.51. The molecule has 1 atom stereocenters.